The lowest BCUT2D eigenvalue weighted by Crippen LogP contribution is -2.32. The van der Waals surface area contributed by atoms with Gasteiger partial charge in [0.25, 0.3) is 0 Å². The van der Waals surface area contributed by atoms with Gasteiger partial charge in [0.05, 0.1) is 11.3 Å². The number of phenols is 2. The molecule has 0 bridgehead atoms. The van der Waals surface area contributed by atoms with Crippen LogP contribution in [0.3, 0.4) is 0 Å². The molecule has 7 nitrogen and oxygen atoms in total. The third-order valence-electron chi connectivity index (χ3n) is 5.05. The minimum Gasteiger partial charge on any atom is -0.508 e. The van der Waals surface area contributed by atoms with Crippen LogP contribution in [0.1, 0.15) is 27.0 Å². The van der Waals surface area contributed by atoms with Crippen LogP contribution in [0.4, 0.5) is 5.69 Å². The molecule has 0 aliphatic carbocycles. The minimum absolute atomic E-state index is 0.0120. The van der Waals surface area contributed by atoms with Crippen molar-refractivity contribution in [3.63, 3.8) is 0 Å². The summed E-state index contributed by atoms with van der Waals surface area (Å²) >= 11 is 4.82. The maximum Gasteiger partial charge on any atom is 0.342 e. The van der Waals surface area contributed by atoms with Crippen LogP contribution >= 0.6 is 12.2 Å². The molecular weight excluding hydrogens is 392 g/mol. The molecule has 2 heterocycles. The van der Waals surface area contributed by atoms with Crippen LogP contribution < -0.4 is 15.8 Å². The second-order valence-corrected chi connectivity index (χ2v) is 7.12. The Morgan fingerprint density at radius 3 is 2.17 bits per heavy atom. The third kappa shape index (κ3) is 2.36. The molecule has 8 heteroatoms. The fourth-order valence-corrected chi connectivity index (χ4v) is 4.08. The molecule has 1 radical (unpaired) electrons. The van der Waals surface area contributed by atoms with E-state index >= 15 is 0 Å². The van der Waals surface area contributed by atoms with E-state index in [0.29, 0.717) is 33.9 Å². The molecule has 0 saturated carbocycles. The van der Waals surface area contributed by atoms with Crippen LogP contribution in [0.25, 0.3) is 0 Å². The van der Waals surface area contributed by atoms with Gasteiger partial charge < -0.3 is 25.0 Å². The molecule has 143 valence electrons. The van der Waals surface area contributed by atoms with Gasteiger partial charge in [0.1, 0.15) is 23.0 Å². The number of phenolic OH excluding ortho intramolecular Hbond substituents is 2. The van der Waals surface area contributed by atoms with Gasteiger partial charge in [0.2, 0.25) is 0 Å². The molecule has 0 atom stereocenters. The zero-order valence-electron chi connectivity index (χ0n) is 14.7. The standard InChI is InChI=1S/C21H13N2O5S/c22-20(29)23-15-3-1-2-14-18(15)19(26)28-21(14)12-6-4-10(24)8-16(12)27-17-9-11(25)5-7-13(17)21/h1-9,22,24-25H,(H,23,29). The lowest BCUT2D eigenvalue weighted by atomic mass is 9.77. The molecule has 0 fully saturated rings. The number of benzene rings is 3. The Balaban J connectivity index is 1.86. The van der Waals surface area contributed by atoms with Crippen LogP contribution in [-0.2, 0) is 10.3 Å². The Labute approximate surface area is 170 Å². The first-order chi connectivity index (χ1) is 13.9. The normalized spacial score (nSPS) is 15.0. The molecular formula is C21H13N2O5S. The van der Waals surface area contributed by atoms with Crippen molar-refractivity contribution in [1.82, 2.24) is 5.73 Å². The number of anilines is 1. The quantitative estimate of drug-likeness (QED) is 0.418. The number of carbonyl (C=O) groups is 1. The van der Waals surface area contributed by atoms with E-state index in [1.54, 1.807) is 30.3 Å². The number of rotatable bonds is 1. The van der Waals surface area contributed by atoms with Gasteiger partial charge in [-0.3, -0.25) is 5.73 Å². The first-order valence-corrected chi connectivity index (χ1v) is 9.05. The highest BCUT2D eigenvalue weighted by molar-refractivity contribution is 7.80. The van der Waals surface area contributed by atoms with Gasteiger partial charge in [0.15, 0.2) is 10.7 Å². The van der Waals surface area contributed by atoms with Gasteiger partial charge >= 0.3 is 5.97 Å². The maximum absolute atomic E-state index is 13.0. The van der Waals surface area contributed by atoms with Crippen LogP contribution in [0.5, 0.6) is 23.0 Å². The van der Waals surface area contributed by atoms with Crippen LogP contribution in [0.15, 0.2) is 54.6 Å². The number of esters is 1. The van der Waals surface area contributed by atoms with E-state index in [0.717, 1.165) is 0 Å². The zero-order chi connectivity index (χ0) is 20.3. The summed E-state index contributed by atoms with van der Waals surface area (Å²) in [5, 5.41) is 22.3. The summed E-state index contributed by atoms with van der Waals surface area (Å²) < 4.78 is 11.9. The van der Waals surface area contributed by atoms with Crippen molar-refractivity contribution in [1.29, 1.82) is 0 Å². The second-order valence-electron chi connectivity index (χ2n) is 6.72. The van der Waals surface area contributed by atoms with Gasteiger partial charge in [-0.25, -0.2) is 4.79 Å². The number of ether oxygens (including phenoxy) is 2. The van der Waals surface area contributed by atoms with Gasteiger partial charge in [-0.1, -0.05) is 12.1 Å². The highest BCUT2D eigenvalue weighted by Gasteiger charge is 2.54. The Hall–Kier alpha value is -3.78. The highest BCUT2D eigenvalue weighted by Crippen LogP contribution is 2.57. The molecule has 5 rings (SSSR count). The van der Waals surface area contributed by atoms with Crippen molar-refractivity contribution in [3.05, 3.63) is 76.9 Å². The number of hydrogen-bond donors (Lipinski definition) is 3. The molecule has 2 aliphatic rings. The van der Waals surface area contributed by atoms with E-state index in [-0.39, 0.29) is 22.2 Å². The number of carbonyl (C=O) groups excluding carboxylic acids is 1. The Kier molecular flexibility index (Phi) is 3.50. The number of thiocarbonyl (C=S) groups is 1. The largest absolute Gasteiger partial charge is 0.508 e. The van der Waals surface area contributed by atoms with Crippen molar-refractivity contribution in [2.24, 2.45) is 0 Å². The SMILES string of the molecule is [NH]C(=S)Nc1cccc2c1C(=O)OC21c2ccc(O)cc2Oc2cc(O)ccc21. The van der Waals surface area contributed by atoms with Crippen LogP contribution in [0, 0.1) is 0 Å². The first kappa shape index (κ1) is 17.3. The summed E-state index contributed by atoms with van der Waals surface area (Å²) in [5.41, 5.74) is 8.47. The topological polar surface area (TPSA) is 112 Å². The van der Waals surface area contributed by atoms with Crippen molar-refractivity contribution in [2.75, 3.05) is 5.32 Å². The van der Waals surface area contributed by atoms with Gasteiger partial charge in [0, 0.05) is 28.8 Å². The number of nitrogens with one attached hydrogen (secondary N) is 2. The summed E-state index contributed by atoms with van der Waals surface area (Å²) in [6, 6.07) is 14.2. The average molecular weight is 405 g/mol. The molecule has 4 N–H and O–H groups in total. The molecule has 0 amide bonds. The monoisotopic (exact) mass is 405 g/mol. The van der Waals surface area contributed by atoms with E-state index < -0.39 is 11.6 Å². The maximum atomic E-state index is 13.0. The Morgan fingerprint density at radius 1 is 0.966 bits per heavy atom. The number of fused-ring (bicyclic) bond motifs is 6. The summed E-state index contributed by atoms with van der Waals surface area (Å²) in [7, 11) is 0. The lowest BCUT2D eigenvalue weighted by molar-refractivity contribution is 0.0224. The minimum atomic E-state index is -1.34. The van der Waals surface area contributed by atoms with Gasteiger partial charge in [-0.15, -0.1) is 0 Å². The fourth-order valence-electron chi connectivity index (χ4n) is 3.97. The Morgan fingerprint density at radius 2 is 1.59 bits per heavy atom. The Bertz CT molecular complexity index is 1170. The molecule has 0 unspecified atom stereocenters. The molecule has 2 aliphatic heterocycles. The predicted octanol–water partition coefficient (Wildman–Crippen LogP) is 3.65. The molecule has 3 aromatic carbocycles. The fraction of sp³-hybridized carbons (Fsp3) is 0.0476. The zero-order valence-corrected chi connectivity index (χ0v) is 15.5. The first-order valence-electron chi connectivity index (χ1n) is 8.64. The van der Waals surface area contributed by atoms with Crippen molar-refractivity contribution >= 4 is 29.0 Å². The van der Waals surface area contributed by atoms with Crippen molar-refractivity contribution < 1.29 is 24.5 Å². The van der Waals surface area contributed by atoms with E-state index in [4.69, 9.17) is 27.4 Å². The van der Waals surface area contributed by atoms with Crippen LogP contribution in [-0.4, -0.2) is 21.3 Å². The summed E-state index contributed by atoms with van der Waals surface area (Å²) in [6.45, 7) is 0. The number of aromatic hydroxyl groups is 2. The summed E-state index contributed by atoms with van der Waals surface area (Å²) in [4.78, 5) is 13.0. The van der Waals surface area contributed by atoms with Crippen LogP contribution in [0.2, 0.25) is 0 Å². The molecule has 3 aromatic rings. The smallest absolute Gasteiger partial charge is 0.342 e. The second kappa shape index (κ2) is 5.86. The van der Waals surface area contributed by atoms with Crippen molar-refractivity contribution in [3.8, 4) is 23.0 Å². The number of hydrogen-bond acceptors (Lipinski definition) is 6. The summed E-state index contributed by atoms with van der Waals surface area (Å²) in [6.07, 6.45) is 0. The molecule has 29 heavy (non-hydrogen) atoms. The van der Waals surface area contributed by atoms with E-state index in [1.807, 2.05) is 0 Å². The highest BCUT2D eigenvalue weighted by atomic mass is 32.1. The molecule has 0 aromatic heterocycles. The van der Waals surface area contributed by atoms with E-state index in [9.17, 15) is 15.0 Å². The third-order valence-corrected chi connectivity index (χ3v) is 5.15. The summed E-state index contributed by atoms with van der Waals surface area (Å²) in [5.74, 6) is -0.000376. The average Bonchev–Trinajstić information content (AvgIpc) is 2.95. The van der Waals surface area contributed by atoms with Gasteiger partial charge in [-0.05, 0) is 42.5 Å². The van der Waals surface area contributed by atoms with Gasteiger partial charge in [-0.2, -0.15) is 0 Å². The molecule has 0 saturated heterocycles. The van der Waals surface area contributed by atoms with Crippen molar-refractivity contribution in [2.45, 2.75) is 5.60 Å². The van der Waals surface area contributed by atoms with E-state index in [2.05, 4.69) is 5.32 Å². The molecule has 1 spiro atoms. The van der Waals surface area contributed by atoms with E-state index in [1.165, 1.54) is 24.3 Å². The predicted molar refractivity (Wildman–Crippen MR) is 107 cm³/mol. The lowest BCUT2D eigenvalue weighted by Gasteiger charge is -2.36.